The molecule has 0 spiro atoms. The van der Waals surface area contributed by atoms with E-state index >= 15 is 0 Å². The molecule has 1 unspecified atom stereocenters. The van der Waals surface area contributed by atoms with Gasteiger partial charge in [0, 0.05) is 15.6 Å². The number of carbonyl (C=O) groups excluding carboxylic acids is 2. The largest absolute Gasteiger partial charge is 0.493 e. The third kappa shape index (κ3) is 5.77. The van der Waals surface area contributed by atoms with E-state index in [1.165, 1.54) is 33.3 Å². The molecule has 6 nitrogen and oxygen atoms in total. The topological polar surface area (TPSA) is 71.1 Å². The Bertz CT molecular complexity index is 887. The molecular formula is C19H17BrCl2O6. The van der Waals surface area contributed by atoms with Crippen molar-refractivity contribution >= 4 is 51.1 Å². The number of ether oxygens (including phenoxy) is 4. The smallest absolute Gasteiger partial charge is 0.354 e. The normalized spacial score (nSPS) is 11.5. The lowest BCUT2D eigenvalue weighted by Crippen LogP contribution is -2.29. The summed E-state index contributed by atoms with van der Waals surface area (Å²) in [6.07, 6.45) is -1.22. The lowest BCUT2D eigenvalue weighted by atomic mass is 10.1. The van der Waals surface area contributed by atoms with E-state index in [4.69, 9.17) is 42.1 Å². The summed E-state index contributed by atoms with van der Waals surface area (Å²) in [5, 5.41) is 0.680. The van der Waals surface area contributed by atoms with Gasteiger partial charge in [-0.05, 0) is 36.8 Å². The van der Waals surface area contributed by atoms with Crippen LogP contribution >= 0.6 is 39.1 Å². The van der Waals surface area contributed by atoms with E-state index in [0.717, 1.165) is 0 Å². The molecule has 0 bridgehead atoms. The van der Waals surface area contributed by atoms with E-state index in [0.29, 0.717) is 26.6 Å². The van der Waals surface area contributed by atoms with Crippen LogP contribution in [0.1, 0.15) is 12.5 Å². The third-order valence-corrected chi connectivity index (χ3v) is 4.92. The van der Waals surface area contributed by atoms with Crippen LogP contribution in [-0.2, 0) is 20.7 Å². The zero-order valence-electron chi connectivity index (χ0n) is 15.3. The van der Waals surface area contributed by atoms with Gasteiger partial charge in [0.15, 0.2) is 17.6 Å². The number of hydrogen-bond acceptors (Lipinski definition) is 6. The SMILES string of the molecule is COc1cc(Br)c(CC(=O)OC(=O)C(C)Oc2cc(Cl)ccc2Cl)cc1OC. The number of benzene rings is 2. The number of hydrogen-bond donors (Lipinski definition) is 0. The molecule has 28 heavy (non-hydrogen) atoms. The third-order valence-electron chi connectivity index (χ3n) is 3.63. The molecule has 1 atom stereocenters. The Morgan fingerprint density at radius 3 is 2.32 bits per heavy atom. The van der Waals surface area contributed by atoms with Crippen LogP contribution in [0.2, 0.25) is 10.0 Å². The van der Waals surface area contributed by atoms with Crippen LogP contribution in [0, 0.1) is 0 Å². The summed E-state index contributed by atoms with van der Waals surface area (Å²) in [5.41, 5.74) is 0.571. The van der Waals surface area contributed by atoms with E-state index in [-0.39, 0.29) is 17.2 Å². The van der Waals surface area contributed by atoms with Crippen molar-refractivity contribution < 1.29 is 28.5 Å². The molecular weight excluding hydrogens is 475 g/mol. The summed E-state index contributed by atoms with van der Waals surface area (Å²) in [4.78, 5) is 24.3. The second-order valence-corrected chi connectivity index (χ2v) is 7.30. The molecule has 2 rings (SSSR count). The second kappa shape index (κ2) is 10.0. The van der Waals surface area contributed by atoms with Crippen molar-refractivity contribution in [2.24, 2.45) is 0 Å². The zero-order chi connectivity index (χ0) is 20.8. The van der Waals surface area contributed by atoms with Gasteiger partial charge >= 0.3 is 11.9 Å². The highest BCUT2D eigenvalue weighted by molar-refractivity contribution is 9.10. The minimum Gasteiger partial charge on any atom is -0.493 e. The molecule has 0 fully saturated rings. The first-order chi connectivity index (χ1) is 13.2. The average Bonchev–Trinajstić information content (AvgIpc) is 2.65. The number of rotatable bonds is 7. The van der Waals surface area contributed by atoms with Crippen molar-refractivity contribution in [1.82, 2.24) is 0 Å². The first-order valence-corrected chi connectivity index (χ1v) is 9.56. The fraction of sp³-hybridized carbons (Fsp3) is 0.263. The molecule has 0 amide bonds. The number of carbonyl (C=O) groups is 2. The fourth-order valence-electron chi connectivity index (χ4n) is 2.22. The van der Waals surface area contributed by atoms with Crippen LogP contribution < -0.4 is 14.2 Å². The maximum atomic E-state index is 12.2. The van der Waals surface area contributed by atoms with Crippen LogP contribution in [0.15, 0.2) is 34.8 Å². The van der Waals surface area contributed by atoms with Gasteiger partial charge in [-0.3, -0.25) is 4.79 Å². The maximum Gasteiger partial charge on any atom is 0.354 e. The van der Waals surface area contributed by atoms with Gasteiger partial charge in [0.2, 0.25) is 0 Å². The van der Waals surface area contributed by atoms with Crippen molar-refractivity contribution in [2.45, 2.75) is 19.4 Å². The van der Waals surface area contributed by atoms with Crippen molar-refractivity contribution in [3.63, 3.8) is 0 Å². The van der Waals surface area contributed by atoms with Crippen molar-refractivity contribution in [1.29, 1.82) is 0 Å². The Balaban J connectivity index is 2.02. The molecule has 0 radical (unpaired) electrons. The Morgan fingerprint density at radius 2 is 1.68 bits per heavy atom. The predicted molar refractivity (Wildman–Crippen MR) is 109 cm³/mol. The van der Waals surface area contributed by atoms with Gasteiger partial charge < -0.3 is 18.9 Å². The zero-order valence-corrected chi connectivity index (χ0v) is 18.4. The summed E-state index contributed by atoms with van der Waals surface area (Å²) >= 11 is 15.2. The summed E-state index contributed by atoms with van der Waals surface area (Å²) < 4.78 is 21.3. The lowest BCUT2D eigenvalue weighted by Gasteiger charge is -2.15. The summed E-state index contributed by atoms with van der Waals surface area (Å²) in [5.74, 6) is -0.424. The highest BCUT2D eigenvalue weighted by atomic mass is 79.9. The standard InChI is InChI=1S/C19H17BrCl2O6/c1-10(27-15-8-12(21)4-5-14(15)22)19(24)28-18(23)7-11-6-16(25-2)17(26-3)9-13(11)20/h4-6,8-10H,7H2,1-3H3. The molecule has 9 heteroatoms. The second-order valence-electron chi connectivity index (χ2n) is 5.60. The Labute approximate surface area is 180 Å². The van der Waals surface area contributed by atoms with Crippen LogP contribution in [-0.4, -0.2) is 32.3 Å². The Hall–Kier alpha value is -1.96. The van der Waals surface area contributed by atoms with E-state index in [9.17, 15) is 9.59 Å². The Kier molecular flexibility index (Phi) is 7.98. The monoisotopic (exact) mass is 490 g/mol. The minimum atomic E-state index is -1.06. The van der Waals surface area contributed by atoms with Crippen LogP contribution in [0.25, 0.3) is 0 Å². The average molecular weight is 492 g/mol. The highest BCUT2D eigenvalue weighted by Gasteiger charge is 2.22. The molecule has 0 saturated heterocycles. The lowest BCUT2D eigenvalue weighted by molar-refractivity contribution is -0.163. The van der Waals surface area contributed by atoms with E-state index < -0.39 is 18.0 Å². The van der Waals surface area contributed by atoms with Crippen LogP contribution in [0.4, 0.5) is 0 Å². The molecule has 0 aliphatic heterocycles. The highest BCUT2D eigenvalue weighted by Crippen LogP contribution is 2.33. The predicted octanol–water partition coefficient (Wildman–Crippen LogP) is 4.85. The quantitative estimate of drug-likeness (QED) is 0.407. The minimum absolute atomic E-state index is 0.155. The molecule has 0 aliphatic carbocycles. The van der Waals surface area contributed by atoms with Gasteiger partial charge in [-0.25, -0.2) is 4.79 Å². The number of esters is 2. The Morgan fingerprint density at radius 1 is 1.04 bits per heavy atom. The number of halogens is 3. The molecule has 0 N–H and O–H groups in total. The molecule has 0 saturated carbocycles. The molecule has 2 aromatic carbocycles. The van der Waals surface area contributed by atoms with Gasteiger partial charge in [0.25, 0.3) is 0 Å². The first-order valence-electron chi connectivity index (χ1n) is 8.01. The van der Waals surface area contributed by atoms with Gasteiger partial charge in [-0.15, -0.1) is 0 Å². The van der Waals surface area contributed by atoms with Crippen molar-refractivity contribution in [3.8, 4) is 17.2 Å². The summed E-state index contributed by atoms with van der Waals surface area (Å²) in [6.45, 7) is 1.44. The van der Waals surface area contributed by atoms with Crippen LogP contribution in [0.5, 0.6) is 17.2 Å². The first kappa shape index (κ1) is 22.3. The molecule has 0 aromatic heterocycles. The maximum absolute atomic E-state index is 12.2. The van der Waals surface area contributed by atoms with E-state index in [1.807, 2.05) is 0 Å². The van der Waals surface area contributed by atoms with Crippen LogP contribution in [0.3, 0.4) is 0 Å². The molecule has 0 aliphatic rings. The van der Waals surface area contributed by atoms with E-state index in [1.54, 1.807) is 18.2 Å². The number of methoxy groups -OCH3 is 2. The molecule has 150 valence electrons. The molecule has 0 heterocycles. The summed E-state index contributed by atoms with van der Waals surface area (Å²) in [7, 11) is 2.99. The summed E-state index contributed by atoms with van der Waals surface area (Å²) in [6, 6.07) is 7.88. The van der Waals surface area contributed by atoms with E-state index in [2.05, 4.69) is 15.9 Å². The fourth-order valence-corrected chi connectivity index (χ4v) is 3.01. The van der Waals surface area contributed by atoms with Crippen molar-refractivity contribution in [3.05, 3.63) is 50.4 Å². The van der Waals surface area contributed by atoms with Gasteiger partial charge in [-0.1, -0.05) is 39.1 Å². The van der Waals surface area contributed by atoms with Gasteiger partial charge in [0.1, 0.15) is 5.75 Å². The van der Waals surface area contributed by atoms with Gasteiger partial charge in [-0.2, -0.15) is 0 Å². The van der Waals surface area contributed by atoms with Gasteiger partial charge in [0.05, 0.1) is 25.7 Å². The molecule has 2 aromatic rings. The van der Waals surface area contributed by atoms with Crippen molar-refractivity contribution in [2.75, 3.05) is 14.2 Å².